The molecule has 1 aliphatic heterocycles. The van der Waals surface area contributed by atoms with Crippen LogP contribution >= 0.6 is 11.9 Å². The lowest BCUT2D eigenvalue weighted by atomic mass is 10.1. The number of hydrogen-bond acceptors (Lipinski definition) is 4. The molecule has 0 aromatic heterocycles. The molecule has 1 saturated heterocycles. The fourth-order valence-corrected chi connectivity index (χ4v) is 3.10. The molecule has 0 amide bonds. The smallest absolute Gasteiger partial charge is 0.162 e. The molecule has 1 aromatic carbocycles. The van der Waals surface area contributed by atoms with Gasteiger partial charge in [-0.15, -0.1) is 0 Å². The third-order valence-electron chi connectivity index (χ3n) is 3.21. The Morgan fingerprint density at radius 1 is 1.42 bits per heavy atom. The van der Waals surface area contributed by atoms with E-state index in [1.165, 1.54) is 5.56 Å². The highest BCUT2D eigenvalue weighted by atomic mass is 32.2. The number of ether oxygens (including phenoxy) is 1. The predicted molar refractivity (Wildman–Crippen MR) is 79.3 cm³/mol. The molecule has 1 aromatic rings. The predicted octanol–water partition coefficient (Wildman–Crippen LogP) is 3.15. The van der Waals surface area contributed by atoms with E-state index in [0.717, 1.165) is 31.0 Å². The van der Waals surface area contributed by atoms with Gasteiger partial charge in [0, 0.05) is 30.8 Å². The molecule has 104 valence electrons. The Morgan fingerprint density at radius 2 is 2.16 bits per heavy atom. The third-order valence-corrected chi connectivity index (χ3v) is 4.37. The van der Waals surface area contributed by atoms with Gasteiger partial charge in [0.05, 0.1) is 12.7 Å². The second kappa shape index (κ2) is 7.08. The Labute approximate surface area is 119 Å². The number of hydrogen-bond donors (Lipinski definition) is 0. The molecule has 4 heteroatoms. The number of benzene rings is 1. The van der Waals surface area contributed by atoms with Crippen molar-refractivity contribution >= 4 is 17.7 Å². The Balaban J connectivity index is 1.84. The minimum atomic E-state index is 0.209. The van der Waals surface area contributed by atoms with Crippen molar-refractivity contribution in [2.45, 2.75) is 32.1 Å². The van der Waals surface area contributed by atoms with Crippen molar-refractivity contribution in [2.24, 2.45) is 0 Å². The van der Waals surface area contributed by atoms with Gasteiger partial charge in [0.15, 0.2) is 5.78 Å². The van der Waals surface area contributed by atoms with Crippen LogP contribution in [0.3, 0.4) is 0 Å². The van der Waals surface area contributed by atoms with Crippen LogP contribution in [0.2, 0.25) is 0 Å². The second-order valence-corrected chi connectivity index (χ2v) is 5.88. The molecular formula is C15H21NO2S. The average molecular weight is 279 g/mol. The van der Waals surface area contributed by atoms with Crippen molar-refractivity contribution in [1.29, 1.82) is 0 Å². The van der Waals surface area contributed by atoms with E-state index in [1.807, 2.05) is 31.0 Å². The molecule has 3 nitrogen and oxygen atoms in total. The van der Waals surface area contributed by atoms with Crippen LogP contribution in [-0.4, -0.2) is 35.9 Å². The molecule has 0 spiro atoms. The van der Waals surface area contributed by atoms with Crippen LogP contribution in [0.5, 0.6) is 0 Å². The number of nitrogens with zero attached hydrogens (tertiary/aromatic N) is 1. The Hall–Kier alpha value is -0.840. The van der Waals surface area contributed by atoms with E-state index in [1.54, 1.807) is 0 Å². The number of carbonyl (C=O) groups is 1. The minimum Gasteiger partial charge on any atom is -0.376 e. The van der Waals surface area contributed by atoms with Crippen LogP contribution in [0.25, 0.3) is 0 Å². The fourth-order valence-electron chi connectivity index (χ4n) is 2.06. The lowest BCUT2D eigenvalue weighted by Crippen LogP contribution is -2.36. The highest BCUT2D eigenvalue weighted by Gasteiger charge is 2.16. The lowest BCUT2D eigenvalue weighted by molar-refractivity contribution is 0.0134. The van der Waals surface area contributed by atoms with Crippen LogP contribution in [0.15, 0.2) is 24.3 Å². The third kappa shape index (κ3) is 4.34. The highest BCUT2D eigenvalue weighted by Crippen LogP contribution is 2.20. The largest absolute Gasteiger partial charge is 0.376 e. The van der Waals surface area contributed by atoms with Crippen molar-refractivity contribution in [1.82, 2.24) is 4.31 Å². The highest BCUT2D eigenvalue weighted by molar-refractivity contribution is 7.96. The van der Waals surface area contributed by atoms with Gasteiger partial charge in [0.25, 0.3) is 0 Å². The Kier molecular flexibility index (Phi) is 5.43. The van der Waals surface area contributed by atoms with Gasteiger partial charge in [-0.2, -0.15) is 0 Å². The van der Waals surface area contributed by atoms with Crippen LogP contribution in [0, 0.1) is 0 Å². The van der Waals surface area contributed by atoms with E-state index in [9.17, 15) is 4.79 Å². The maximum absolute atomic E-state index is 11.5. The maximum atomic E-state index is 11.5. The van der Waals surface area contributed by atoms with Gasteiger partial charge >= 0.3 is 0 Å². The van der Waals surface area contributed by atoms with Crippen molar-refractivity contribution in [2.75, 3.05) is 19.7 Å². The van der Waals surface area contributed by atoms with Crippen molar-refractivity contribution < 1.29 is 9.53 Å². The van der Waals surface area contributed by atoms with Crippen molar-refractivity contribution in [3.63, 3.8) is 0 Å². The van der Waals surface area contributed by atoms with Gasteiger partial charge in [-0.05, 0) is 12.5 Å². The topological polar surface area (TPSA) is 29.5 Å². The summed E-state index contributed by atoms with van der Waals surface area (Å²) in [5, 5.41) is 0. The summed E-state index contributed by atoms with van der Waals surface area (Å²) in [7, 11) is 0. The van der Waals surface area contributed by atoms with E-state index >= 15 is 0 Å². The summed E-state index contributed by atoms with van der Waals surface area (Å²) in [6.07, 6.45) is 0.894. The first-order chi connectivity index (χ1) is 9.19. The van der Waals surface area contributed by atoms with Gasteiger partial charge in [0.2, 0.25) is 0 Å². The van der Waals surface area contributed by atoms with E-state index in [2.05, 4.69) is 23.4 Å². The summed E-state index contributed by atoms with van der Waals surface area (Å²) in [6, 6.07) is 7.98. The summed E-state index contributed by atoms with van der Waals surface area (Å²) in [4.78, 5) is 11.5. The number of rotatable bonds is 5. The fraction of sp³-hybridized carbons (Fsp3) is 0.533. The monoisotopic (exact) mass is 279 g/mol. The van der Waals surface area contributed by atoms with Gasteiger partial charge < -0.3 is 4.74 Å². The molecular weight excluding hydrogens is 258 g/mol. The number of ketones is 1. The average Bonchev–Trinajstić information content (AvgIpc) is 2.45. The zero-order valence-corrected chi connectivity index (χ0v) is 12.4. The molecule has 1 heterocycles. The molecule has 1 fully saturated rings. The number of morpholine rings is 1. The number of carbonyl (C=O) groups excluding carboxylic acids is 1. The summed E-state index contributed by atoms with van der Waals surface area (Å²) >= 11 is 1.84. The molecule has 0 radical (unpaired) electrons. The van der Waals surface area contributed by atoms with E-state index in [4.69, 9.17) is 4.74 Å². The molecule has 0 N–H and O–H groups in total. The van der Waals surface area contributed by atoms with Gasteiger partial charge in [-0.1, -0.05) is 43.1 Å². The van der Waals surface area contributed by atoms with E-state index < -0.39 is 0 Å². The summed E-state index contributed by atoms with van der Waals surface area (Å²) in [6.45, 7) is 6.79. The first kappa shape index (κ1) is 14.6. The molecule has 19 heavy (non-hydrogen) atoms. The normalized spacial score (nSPS) is 20.4. The molecule has 1 aliphatic rings. The van der Waals surface area contributed by atoms with Gasteiger partial charge in [-0.3, -0.25) is 4.79 Å². The lowest BCUT2D eigenvalue weighted by Gasteiger charge is -2.29. The van der Waals surface area contributed by atoms with Crippen molar-refractivity contribution in [3.05, 3.63) is 35.4 Å². The summed E-state index contributed by atoms with van der Waals surface area (Å²) in [5.74, 6) is 1.16. The molecule has 0 bridgehead atoms. The summed E-state index contributed by atoms with van der Waals surface area (Å²) in [5.41, 5.74) is 2.08. The molecule has 0 aliphatic carbocycles. The maximum Gasteiger partial charge on any atom is 0.162 e. The molecule has 0 saturated carbocycles. The van der Waals surface area contributed by atoms with E-state index in [0.29, 0.717) is 12.5 Å². The molecule has 1 unspecified atom stereocenters. The van der Waals surface area contributed by atoms with E-state index in [-0.39, 0.29) is 5.78 Å². The standard InChI is InChI=1S/C15H21NO2S/c1-3-15(17)14-6-4-13(5-7-14)11-19-16-8-9-18-12(2)10-16/h4-7,12H,3,8-11H2,1-2H3. The van der Waals surface area contributed by atoms with Gasteiger partial charge in [-0.25, -0.2) is 4.31 Å². The second-order valence-electron chi connectivity index (χ2n) is 4.82. The zero-order chi connectivity index (χ0) is 13.7. The minimum absolute atomic E-state index is 0.209. The van der Waals surface area contributed by atoms with Gasteiger partial charge in [0.1, 0.15) is 0 Å². The van der Waals surface area contributed by atoms with Crippen LogP contribution in [0.1, 0.15) is 36.2 Å². The first-order valence-electron chi connectivity index (χ1n) is 6.80. The zero-order valence-electron chi connectivity index (χ0n) is 11.6. The van der Waals surface area contributed by atoms with Crippen LogP contribution in [-0.2, 0) is 10.5 Å². The molecule has 2 rings (SSSR count). The Morgan fingerprint density at radius 3 is 2.79 bits per heavy atom. The quantitative estimate of drug-likeness (QED) is 0.612. The SMILES string of the molecule is CCC(=O)c1ccc(CSN2CCOC(C)C2)cc1. The Bertz CT molecular complexity index is 419. The van der Waals surface area contributed by atoms with Crippen LogP contribution in [0.4, 0.5) is 0 Å². The number of Topliss-reactive ketones (excluding diaryl/α,β-unsaturated/α-hetero) is 1. The first-order valence-corrected chi connectivity index (χ1v) is 7.75. The van der Waals surface area contributed by atoms with Crippen molar-refractivity contribution in [3.8, 4) is 0 Å². The van der Waals surface area contributed by atoms with Crippen LogP contribution < -0.4 is 0 Å². The summed E-state index contributed by atoms with van der Waals surface area (Å²) < 4.78 is 7.88. The molecule has 1 atom stereocenters.